The van der Waals surface area contributed by atoms with Gasteiger partial charge in [0.15, 0.2) is 0 Å². The number of ether oxygens (including phenoxy) is 2. The topological polar surface area (TPSA) is 88.2 Å². The number of carbonyl (C=O) groups excluding carboxylic acids is 3. The first kappa shape index (κ1) is 16.3. The molecule has 1 N–H and O–H groups in total. The van der Waals surface area contributed by atoms with Gasteiger partial charge >= 0.3 is 0 Å². The summed E-state index contributed by atoms with van der Waals surface area (Å²) in [4.78, 5) is 40.2. The van der Waals surface area contributed by atoms with Crippen LogP contribution >= 0.6 is 0 Å². The molecule has 0 aliphatic carbocycles. The predicted octanol–water partition coefficient (Wildman–Crippen LogP) is 2.00. The number of rotatable bonds is 6. The first-order chi connectivity index (χ1) is 19.0. The van der Waals surface area contributed by atoms with Gasteiger partial charge in [0.25, 0.3) is 5.91 Å². The molecule has 0 aromatic heterocycles. The second-order valence-electron chi connectivity index (χ2n) is 8.28. The number of benzene rings is 2. The lowest BCUT2D eigenvalue weighted by Gasteiger charge is -2.29. The summed E-state index contributed by atoms with van der Waals surface area (Å²) in [5, 5.41) is 2.17. The molecule has 9 heteroatoms. The van der Waals surface area contributed by atoms with E-state index in [1.807, 2.05) is 4.90 Å². The summed E-state index contributed by atoms with van der Waals surface area (Å²) in [5.74, 6) is -3.20. The minimum Gasteiger partial charge on any atom is -0.488 e. The number of carbonyl (C=O) groups is 3. The minimum absolute atomic E-state index is 0.0129. The number of hydrogen-bond acceptors (Lipinski definition) is 6. The summed E-state index contributed by atoms with van der Waals surface area (Å²) >= 11 is 0. The SMILES string of the molecule is [2H]c1c([2H])c(OCc2c([2H])c([2H])c(CN3CCOCC3)c([2H])c2F)c2c(c1[2H])C(=O)N([C@H]1CCC(=O)NC1=O)C2. The Bertz CT molecular complexity index is 1410. The Morgan fingerprint density at radius 3 is 2.79 bits per heavy atom. The van der Waals surface area contributed by atoms with Gasteiger partial charge in [-0.25, -0.2) is 4.39 Å². The standard InChI is InChI=1S/C25H26FN3O5/c26-20-12-16(13-28-8-10-33-11-9-28)4-5-17(20)15-34-22-3-1-2-18-19(22)14-29(25(18)32)21-6-7-23(30)27-24(21)31/h1-5,12,21H,6-11,13-15H2,(H,27,30,31)/t21-/m0/s1/i1D,2D,3D,4D,5D,12D. The van der Waals surface area contributed by atoms with E-state index in [1.165, 1.54) is 0 Å². The summed E-state index contributed by atoms with van der Waals surface area (Å²) in [6.45, 7) is 1.25. The zero-order valence-electron chi connectivity index (χ0n) is 24.3. The second-order valence-corrected chi connectivity index (χ2v) is 8.28. The van der Waals surface area contributed by atoms with Crippen LogP contribution < -0.4 is 10.1 Å². The van der Waals surface area contributed by atoms with E-state index in [0.717, 1.165) is 4.90 Å². The van der Waals surface area contributed by atoms with Crippen LogP contribution in [-0.4, -0.2) is 59.9 Å². The van der Waals surface area contributed by atoms with E-state index in [0.29, 0.717) is 26.3 Å². The lowest BCUT2D eigenvalue weighted by molar-refractivity contribution is -0.136. The lowest BCUT2D eigenvalue weighted by Crippen LogP contribution is -2.52. The molecule has 2 aromatic carbocycles. The summed E-state index contributed by atoms with van der Waals surface area (Å²) in [5.41, 5.74) is -0.487. The highest BCUT2D eigenvalue weighted by Gasteiger charge is 2.40. The van der Waals surface area contributed by atoms with Crippen molar-refractivity contribution in [3.63, 3.8) is 0 Å². The lowest BCUT2D eigenvalue weighted by atomic mass is 10.0. The maximum atomic E-state index is 15.4. The zero-order valence-corrected chi connectivity index (χ0v) is 18.3. The summed E-state index contributed by atoms with van der Waals surface area (Å²) in [7, 11) is 0. The van der Waals surface area contributed by atoms with Gasteiger partial charge in [0.2, 0.25) is 11.8 Å². The van der Waals surface area contributed by atoms with Crippen LogP contribution in [-0.2, 0) is 34.0 Å². The molecule has 0 spiro atoms. The van der Waals surface area contributed by atoms with Gasteiger partial charge in [-0.15, -0.1) is 0 Å². The Morgan fingerprint density at radius 1 is 1.18 bits per heavy atom. The maximum Gasteiger partial charge on any atom is 0.255 e. The number of hydrogen-bond donors (Lipinski definition) is 1. The summed E-state index contributed by atoms with van der Waals surface area (Å²) in [6.07, 6.45) is 0.0805. The fourth-order valence-corrected chi connectivity index (χ4v) is 4.24. The Kier molecular flexibility index (Phi) is 4.58. The van der Waals surface area contributed by atoms with Crippen LogP contribution in [0.25, 0.3) is 0 Å². The van der Waals surface area contributed by atoms with Crippen LogP contribution in [0.15, 0.2) is 36.3 Å². The third-order valence-corrected chi connectivity index (χ3v) is 6.07. The number of fused-ring (bicyclic) bond motifs is 1. The summed E-state index contributed by atoms with van der Waals surface area (Å²) < 4.78 is 76.3. The number of imide groups is 1. The third kappa shape index (κ3) is 4.53. The zero-order chi connectivity index (χ0) is 28.9. The van der Waals surface area contributed by atoms with Crippen molar-refractivity contribution in [3.8, 4) is 5.75 Å². The first-order valence-electron chi connectivity index (χ1n) is 14.0. The molecule has 2 aromatic rings. The van der Waals surface area contributed by atoms with Crippen molar-refractivity contribution in [1.29, 1.82) is 0 Å². The van der Waals surface area contributed by atoms with Crippen LogP contribution in [0.2, 0.25) is 0 Å². The average molecular weight is 474 g/mol. The van der Waals surface area contributed by atoms with Gasteiger partial charge in [-0.3, -0.25) is 24.6 Å². The molecule has 3 aliphatic heterocycles. The molecule has 2 saturated heterocycles. The molecule has 0 bridgehead atoms. The summed E-state index contributed by atoms with van der Waals surface area (Å²) in [6, 6.07) is -4.00. The average Bonchev–Trinajstić information content (AvgIpc) is 3.27. The van der Waals surface area contributed by atoms with E-state index < -0.39 is 66.4 Å². The van der Waals surface area contributed by atoms with Crippen LogP contribution in [0.1, 0.15) is 48.1 Å². The highest BCUT2D eigenvalue weighted by molar-refractivity contribution is 6.05. The smallest absolute Gasteiger partial charge is 0.255 e. The quantitative estimate of drug-likeness (QED) is 0.646. The number of nitrogens with one attached hydrogen (secondary N) is 1. The van der Waals surface area contributed by atoms with Crippen LogP contribution in [0.3, 0.4) is 0 Å². The molecular formula is C25H26FN3O5. The van der Waals surface area contributed by atoms with Crippen molar-refractivity contribution < 1.29 is 36.5 Å². The number of nitrogens with zero attached hydrogens (tertiary/aromatic N) is 2. The van der Waals surface area contributed by atoms with E-state index in [2.05, 4.69) is 5.32 Å². The molecule has 34 heavy (non-hydrogen) atoms. The van der Waals surface area contributed by atoms with Crippen molar-refractivity contribution >= 4 is 17.7 Å². The fourth-order valence-electron chi connectivity index (χ4n) is 4.24. The monoisotopic (exact) mass is 473 g/mol. The Hall–Kier alpha value is -3.30. The van der Waals surface area contributed by atoms with Gasteiger partial charge < -0.3 is 14.4 Å². The van der Waals surface area contributed by atoms with Crippen LogP contribution in [0.5, 0.6) is 5.75 Å². The molecule has 3 aliphatic rings. The van der Waals surface area contributed by atoms with Gasteiger partial charge in [0, 0.05) is 42.7 Å². The van der Waals surface area contributed by atoms with E-state index in [4.69, 9.17) is 17.7 Å². The minimum atomic E-state index is -1.04. The van der Waals surface area contributed by atoms with Gasteiger partial charge in [-0.2, -0.15) is 0 Å². The van der Waals surface area contributed by atoms with Crippen molar-refractivity contribution in [2.45, 2.75) is 38.6 Å². The first-order valence-corrected chi connectivity index (χ1v) is 11.0. The molecule has 1 atom stereocenters. The molecule has 3 heterocycles. The molecule has 3 amide bonds. The molecule has 0 radical (unpaired) electrons. The van der Waals surface area contributed by atoms with Crippen molar-refractivity contribution in [2.75, 3.05) is 26.3 Å². The number of morpholine rings is 1. The van der Waals surface area contributed by atoms with E-state index >= 15 is 4.39 Å². The van der Waals surface area contributed by atoms with Crippen molar-refractivity contribution in [3.05, 3.63) is 64.3 Å². The number of halogens is 1. The maximum absolute atomic E-state index is 15.4. The number of piperidine rings is 1. The Morgan fingerprint density at radius 2 is 2.00 bits per heavy atom. The van der Waals surface area contributed by atoms with Gasteiger partial charge in [-0.1, -0.05) is 18.1 Å². The fraction of sp³-hybridized carbons (Fsp3) is 0.400. The Balaban J connectivity index is 1.45. The molecule has 2 fully saturated rings. The highest BCUT2D eigenvalue weighted by atomic mass is 19.1. The molecule has 5 rings (SSSR count). The van der Waals surface area contributed by atoms with E-state index in [-0.39, 0.29) is 60.0 Å². The van der Waals surface area contributed by atoms with E-state index in [9.17, 15) is 14.4 Å². The van der Waals surface area contributed by atoms with Crippen molar-refractivity contribution in [1.82, 2.24) is 15.1 Å². The van der Waals surface area contributed by atoms with Crippen LogP contribution in [0.4, 0.5) is 4.39 Å². The highest BCUT2D eigenvalue weighted by Crippen LogP contribution is 2.34. The largest absolute Gasteiger partial charge is 0.488 e. The van der Waals surface area contributed by atoms with Crippen LogP contribution in [0, 0.1) is 5.82 Å². The van der Waals surface area contributed by atoms with Gasteiger partial charge in [0.1, 0.15) is 24.2 Å². The van der Waals surface area contributed by atoms with E-state index in [1.54, 1.807) is 0 Å². The Labute approximate surface area is 205 Å². The second kappa shape index (κ2) is 9.52. The predicted molar refractivity (Wildman–Crippen MR) is 119 cm³/mol. The van der Waals surface area contributed by atoms with Crippen molar-refractivity contribution in [2.24, 2.45) is 0 Å². The molecule has 0 unspecified atom stereocenters. The molecule has 178 valence electrons. The molecular weight excluding hydrogens is 441 g/mol. The van der Waals surface area contributed by atoms with Gasteiger partial charge in [-0.05, 0) is 30.1 Å². The number of amides is 3. The molecule has 8 nitrogen and oxygen atoms in total. The molecule has 0 saturated carbocycles. The normalized spacial score (nSPS) is 23.4. The van der Waals surface area contributed by atoms with Gasteiger partial charge in [0.05, 0.1) is 28.0 Å². The third-order valence-electron chi connectivity index (χ3n) is 6.07.